The van der Waals surface area contributed by atoms with Gasteiger partial charge < -0.3 is 26.6 Å². The highest BCUT2D eigenvalue weighted by Crippen LogP contribution is 1.92. The average Bonchev–Trinajstić information content (AvgIpc) is 2.25. The number of carbonyl (C=O) groups excluding carboxylic acids is 1. The number of hydrogen-bond acceptors (Lipinski definition) is 5. The largest absolute Gasteiger partial charge is 0.394 e. The first-order valence-electron chi connectivity index (χ1n) is 5.14. The molecule has 0 aliphatic heterocycles. The molecule has 0 fully saturated rings. The van der Waals surface area contributed by atoms with E-state index in [1.54, 1.807) is 0 Å². The molecule has 0 radical (unpaired) electrons. The summed E-state index contributed by atoms with van der Waals surface area (Å²) in [6, 6.07) is -0.494. The van der Waals surface area contributed by atoms with Gasteiger partial charge in [0.2, 0.25) is 5.91 Å². The second kappa shape index (κ2) is 9.85. The van der Waals surface area contributed by atoms with Crippen molar-refractivity contribution in [1.29, 1.82) is 0 Å². The summed E-state index contributed by atoms with van der Waals surface area (Å²) in [5.74, 6) is -0.184. The molecule has 6 nitrogen and oxygen atoms in total. The van der Waals surface area contributed by atoms with Gasteiger partial charge in [-0.15, -0.1) is 0 Å². The molecule has 0 bridgehead atoms. The van der Waals surface area contributed by atoms with Crippen molar-refractivity contribution < 1.29 is 14.6 Å². The first-order valence-corrected chi connectivity index (χ1v) is 5.14. The third-order valence-electron chi connectivity index (χ3n) is 1.84. The molecule has 1 amide bonds. The summed E-state index contributed by atoms with van der Waals surface area (Å²) in [5, 5.41) is 11.1. The molecule has 0 saturated heterocycles. The van der Waals surface area contributed by atoms with E-state index in [2.05, 4.69) is 5.32 Å². The molecule has 0 rings (SSSR count). The molecule has 6 heteroatoms. The lowest BCUT2D eigenvalue weighted by Gasteiger charge is -2.11. The highest BCUT2D eigenvalue weighted by Gasteiger charge is 2.11. The zero-order valence-electron chi connectivity index (χ0n) is 8.95. The molecule has 0 heterocycles. The van der Waals surface area contributed by atoms with Gasteiger partial charge in [-0.1, -0.05) is 0 Å². The van der Waals surface area contributed by atoms with Gasteiger partial charge in [-0.2, -0.15) is 0 Å². The fourth-order valence-electron chi connectivity index (χ4n) is 1.01. The molecule has 0 aromatic rings. The predicted molar refractivity (Wildman–Crippen MR) is 57.2 cm³/mol. The summed E-state index contributed by atoms with van der Waals surface area (Å²) in [5.41, 5.74) is 10.9. The molecule has 6 N–H and O–H groups in total. The number of rotatable bonds is 9. The van der Waals surface area contributed by atoms with Crippen molar-refractivity contribution >= 4 is 5.91 Å². The van der Waals surface area contributed by atoms with Gasteiger partial charge in [0.25, 0.3) is 0 Å². The summed E-state index contributed by atoms with van der Waals surface area (Å²) in [6.07, 6.45) is 1.34. The summed E-state index contributed by atoms with van der Waals surface area (Å²) < 4.78 is 4.97. The summed E-state index contributed by atoms with van der Waals surface area (Å²) in [7, 11) is 0. The molecule has 1 atom stereocenters. The third-order valence-corrected chi connectivity index (χ3v) is 1.84. The van der Waals surface area contributed by atoms with Crippen LogP contribution in [-0.4, -0.2) is 50.0 Å². The molecular weight excluding hydrogens is 198 g/mol. The molecular formula is C9H21N3O3. The van der Waals surface area contributed by atoms with Gasteiger partial charge in [-0.25, -0.2) is 0 Å². The van der Waals surface area contributed by atoms with E-state index in [-0.39, 0.29) is 19.1 Å². The smallest absolute Gasteiger partial charge is 0.236 e. The fourth-order valence-corrected chi connectivity index (χ4v) is 1.01. The number of nitrogens with one attached hydrogen (secondary N) is 1. The number of nitrogens with two attached hydrogens (primary N) is 2. The fraction of sp³-hybridized carbons (Fsp3) is 0.889. The average molecular weight is 219 g/mol. The van der Waals surface area contributed by atoms with Crippen LogP contribution in [0.4, 0.5) is 0 Å². The predicted octanol–water partition coefficient (Wildman–Crippen LogP) is -1.82. The van der Waals surface area contributed by atoms with Gasteiger partial charge in [-0.3, -0.25) is 4.79 Å². The molecule has 15 heavy (non-hydrogen) atoms. The van der Waals surface area contributed by atoms with E-state index < -0.39 is 6.04 Å². The number of carbonyl (C=O) groups is 1. The minimum atomic E-state index is -0.494. The number of ether oxygens (including phenoxy) is 1. The molecule has 0 aromatic heterocycles. The van der Waals surface area contributed by atoms with Crippen LogP contribution in [0, 0.1) is 0 Å². The van der Waals surface area contributed by atoms with Crippen LogP contribution in [0.5, 0.6) is 0 Å². The van der Waals surface area contributed by atoms with E-state index in [4.69, 9.17) is 21.3 Å². The van der Waals surface area contributed by atoms with Crippen molar-refractivity contribution in [2.24, 2.45) is 11.5 Å². The number of hydrogen-bond donors (Lipinski definition) is 4. The molecule has 0 aliphatic carbocycles. The van der Waals surface area contributed by atoms with Crippen molar-refractivity contribution in [2.75, 3.05) is 32.9 Å². The zero-order chi connectivity index (χ0) is 11.5. The Bertz CT molecular complexity index is 167. The van der Waals surface area contributed by atoms with Crippen molar-refractivity contribution in [2.45, 2.75) is 18.9 Å². The summed E-state index contributed by atoms with van der Waals surface area (Å²) >= 11 is 0. The van der Waals surface area contributed by atoms with Crippen LogP contribution in [-0.2, 0) is 9.53 Å². The highest BCUT2D eigenvalue weighted by molar-refractivity contribution is 5.81. The number of aliphatic hydroxyl groups is 1. The van der Waals surface area contributed by atoms with Crippen LogP contribution >= 0.6 is 0 Å². The standard InChI is InChI=1S/C9H21N3O3/c10-3-1-2-8(11)9(14)12-4-6-15-7-5-13/h8,13H,1-7,10-11H2,(H,12,14)/t8-/m0/s1. The minimum absolute atomic E-state index is 0.00996. The maximum absolute atomic E-state index is 11.3. The Labute approximate surface area is 90.0 Å². The molecule has 90 valence electrons. The van der Waals surface area contributed by atoms with Crippen LogP contribution in [0.2, 0.25) is 0 Å². The van der Waals surface area contributed by atoms with E-state index in [0.717, 1.165) is 6.42 Å². The number of aliphatic hydroxyl groups excluding tert-OH is 1. The lowest BCUT2D eigenvalue weighted by Crippen LogP contribution is -2.42. The monoisotopic (exact) mass is 219 g/mol. The van der Waals surface area contributed by atoms with E-state index in [1.807, 2.05) is 0 Å². The third kappa shape index (κ3) is 8.31. The summed E-state index contributed by atoms with van der Waals surface area (Å²) in [4.78, 5) is 11.3. The highest BCUT2D eigenvalue weighted by atomic mass is 16.5. The Balaban J connectivity index is 3.38. The topological polar surface area (TPSA) is 111 Å². The Kier molecular flexibility index (Phi) is 9.40. The zero-order valence-corrected chi connectivity index (χ0v) is 8.95. The van der Waals surface area contributed by atoms with Crippen LogP contribution in [0.15, 0.2) is 0 Å². The van der Waals surface area contributed by atoms with E-state index in [1.165, 1.54) is 0 Å². The second-order valence-corrected chi connectivity index (χ2v) is 3.16. The van der Waals surface area contributed by atoms with Gasteiger partial charge in [0.15, 0.2) is 0 Å². The van der Waals surface area contributed by atoms with E-state index in [9.17, 15) is 4.79 Å². The Morgan fingerprint density at radius 3 is 2.80 bits per heavy atom. The van der Waals surface area contributed by atoms with Crippen LogP contribution in [0.25, 0.3) is 0 Å². The van der Waals surface area contributed by atoms with Crippen molar-refractivity contribution in [1.82, 2.24) is 5.32 Å². The van der Waals surface area contributed by atoms with Gasteiger partial charge in [0.05, 0.1) is 25.9 Å². The maximum atomic E-state index is 11.3. The Hall–Kier alpha value is -0.690. The van der Waals surface area contributed by atoms with Crippen LogP contribution in [0.3, 0.4) is 0 Å². The molecule has 0 spiro atoms. The molecule has 0 aliphatic rings. The lowest BCUT2D eigenvalue weighted by molar-refractivity contribution is -0.122. The van der Waals surface area contributed by atoms with Gasteiger partial charge >= 0.3 is 0 Å². The summed E-state index contributed by atoms with van der Waals surface area (Å²) in [6.45, 7) is 1.62. The Morgan fingerprint density at radius 1 is 1.47 bits per heavy atom. The van der Waals surface area contributed by atoms with Crippen LogP contribution < -0.4 is 16.8 Å². The van der Waals surface area contributed by atoms with E-state index >= 15 is 0 Å². The van der Waals surface area contributed by atoms with Crippen molar-refractivity contribution in [3.05, 3.63) is 0 Å². The normalized spacial score (nSPS) is 12.5. The Morgan fingerprint density at radius 2 is 2.20 bits per heavy atom. The van der Waals surface area contributed by atoms with E-state index in [0.29, 0.717) is 26.1 Å². The molecule has 0 aromatic carbocycles. The van der Waals surface area contributed by atoms with Gasteiger partial charge in [0.1, 0.15) is 0 Å². The van der Waals surface area contributed by atoms with Gasteiger partial charge in [-0.05, 0) is 19.4 Å². The van der Waals surface area contributed by atoms with Gasteiger partial charge in [0, 0.05) is 6.54 Å². The first-order chi connectivity index (χ1) is 7.22. The second-order valence-electron chi connectivity index (χ2n) is 3.16. The SMILES string of the molecule is NCCC[C@H](N)C(=O)NCCOCCO. The molecule has 0 saturated carbocycles. The number of amides is 1. The lowest BCUT2D eigenvalue weighted by atomic mass is 10.1. The molecule has 0 unspecified atom stereocenters. The van der Waals surface area contributed by atoms with Crippen molar-refractivity contribution in [3.8, 4) is 0 Å². The maximum Gasteiger partial charge on any atom is 0.236 e. The van der Waals surface area contributed by atoms with Crippen molar-refractivity contribution in [3.63, 3.8) is 0 Å². The quantitative estimate of drug-likeness (QED) is 0.341. The first kappa shape index (κ1) is 14.3. The minimum Gasteiger partial charge on any atom is -0.394 e. The van der Waals surface area contributed by atoms with Crippen LogP contribution in [0.1, 0.15) is 12.8 Å².